The van der Waals surface area contributed by atoms with E-state index in [0.717, 1.165) is 45.0 Å². The molecule has 2 fully saturated rings. The van der Waals surface area contributed by atoms with Crippen LogP contribution in [0.5, 0.6) is 0 Å². The number of anilines is 1. The molecule has 6 heteroatoms. The topological polar surface area (TPSA) is 61.4 Å². The van der Waals surface area contributed by atoms with Crippen molar-refractivity contribution in [1.29, 1.82) is 0 Å². The van der Waals surface area contributed by atoms with Gasteiger partial charge in [0.1, 0.15) is 5.82 Å². The Morgan fingerprint density at radius 3 is 2.81 bits per heavy atom. The molecule has 1 atom stereocenters. The molecule has 0 saturated carbocycles. The molecule has 2 saturated heterocycles. The van der Waals surface area contributed by atoms with Crippen LogP contribution in [0.25, 0.3) is 0 Å². The summed E-state index contributed by atoms with van der Waals surface area (Å²) < 4.78 is 0. The van der Waals surface area contributed by atoms with Crippen molar-refractivity contribution in [2.45, 2.75) is 31.7 Å². The monoisotopic (exact) mass is 289 g/mol. The van der Waals surface area contributed by atoms with Crippen LogP contribution in [0.4, 0.5) is 5.82 Å². The second kappa shape index (κ2) is 6.85. The lowest BCUT2D eigenvalue weighted by Gasteiger charge is -2.35. The molecular weight excluding hydrogens is 266 g/mol. The average Bonchev–Trinajstić information content (AvgIpc) is 3.07. The number of rotatable bonds is 4. The summed E-state index contributed by atoms with van der Waals surface area (Å²) in [6.07, 6.45) is 9.28. The molecule has 114 valence electrons. The molecule has 2 aliphatic rings. The summed E-state index contributed by atoms with van der Waals surface area (Å²) in [5, 5.41) is 3.45. The number of aromatic nitrogens is 2. The third-order valence-electron chi connectivity index (χ3n) is 4.37. The second-order valence-electron chi connectivity index (χ2n) is 5.76. The normalized spacial score (nSPS) is 22.6. The number of carbonyl (C=O) groups is 1. The van der Waals surface area contributed by atoms with Crippen molar-refractivity contribution in [2.24, 2.45) is 0 Å². The van der Waals surface area contributed by atoms with E-state index in [-0.39, 0.29) is 0 Å². The molecule has 1 amide bonds. The van der Waals surface area contributed by atoms with Gasteiger partial charge in [0.15, 0.2) is 0 Å². The first-order valence-corrected chi connectivity index (χ1v) is 7.85. The molecule has 0 radical (unpaired) electrons. The Hall–Kier alpha value is -1.69. The summed E-state index contributed by atoms with van der Waals surface area (Å²) in [4.78, 5) is 24.8. The van der Waals surface area contributed by atoms with Crippen molar-refractivity contribution in [3.05, 3.63) is 18.6 Å². The van der Waals surface area contributed by atoms with Crippen molar-refractivity contribution >= 4 is 11.7 Å². The molecule has 2 aliphatic heterocycles. The van der Waals surface area contributed by atoms with Gasteiger partial charge in [-0.3, -0.25) is 9.78 Å². The van der Waals surface area contributed by atoms with E-state index in [1.54, 1.807) is 18.6 Å². The van der Waals surface area contributed by atoms with Crippen LogP contribution in [0, 0.1) is 0 Å². The van der Waals surface area contributed by atoms with Gasteiger partial charge in [-0.2, -0.15) is 0 Å². The fraction of sp³-hybridized carbons (Fsp3) is 0.667. The molecule has 1 unspecified atom stereocenters. The quantitative estimate of drug-likeness (QED) is 0.882. The van der Waals surface area contributed by atoms with E-state index in [1.807, 2.05) is 4.90 Å². The molecule has 3 heterocycles. The van der Waals surface area contributed by atoms with Crippen LogP contribution >= 0.6 is 0 Å². The van der Waals surface area contributed by atoms with E-state index in [0.29, 0.717) is 18.4 Å². The van der Waals surface area contributed by atoms with E-state index < -0.39 is 0 Å². The zero-order valence-electron chi connectivity index (χ0n) is 12.4. The molecule has 21 heavy (non-hydrogen) atoms. The highest BCUT2D eigenvalue weighted by Crippen LogP contribution is 2.15. The summed E-state index contributed by atoms with van der Waals surface area (Å²) in [6, 6.07) is 0.551. The van der Waals surface area contributed by atoms with Crippen LogP contribution < -0.4 is 10.2 Å². The fourth-order valence-corrected chi connectivity index (χ4v) is 3.10. The maximum absolute atomic E-state index is 12.2. The first-order chi connectivity index (χ1) is 10.3. The fourth-order valence-electron chi connectivity index (χ4n) is 3.10. The first-order valence-electron chi connectivity index (χ1n) is 7.85. The van der Waals surface area contributed by atoms with Gasteiger partial charge in [-0.25, -0.2) is 4.98 Å². The van der Waals surface area contributed by atoms with Crippen LogP contribution in [0.3, 0.4) is 0 Å². The van der Waals surface area contributed by atoms with Crippen molar-refractivity contribution in [2.75, 3.05) is 37.6 Å². The first kappa shape index (κ1) is 14.3. The van der Waals surface area contributed by atoms with Crippen molar-refractivity contribution in [3.8, 4) is 0 Å². The van der Waals surface area contributed by atoms with Crippen molar-refractivity contribution < 1.29 is 4.79 Å². The molecule has 0 bridgehead atoms. The van der Waals surface area contributed by atoms with Gasteiger partial charge < -0.3 is 15.1 Å². The van der Waals surface area contributed by atoms with E-state index in [2.05, 4.69) is 20.2 Å². The van der Waals surface area contributed by atoms with Crippen molar-refractivity contribution in [1.82, 2.24) is 20.2 Å². The van der Waals surface area contributed by atoms with E-state index in [9.17, 15) is 4.79 Å². The number of amides is 1. The number of carbonyl (C=O) groups excluding carboxylic acids is 1. The van der Waals surface area contributed by atoms with Gasteiger partial charge in [-0.1, -0.05) is 0 Å². The maximum atomic E-state index is 12.2. The Bertz CT molecular complexity index is 452. The highest BCUT2D eigenvalue weighted by molar-refractivity contribution is 5.76. The van der Waals surface area contributed by atoms with E-state index in [4.69, 9.17) is 0 Å². The minimum absolute atomic E-state index is 0.294. The number of nitrogens with zero attached hydrogens (tertiary/aromatic N) is 4. The molecule has 1 N–H and O–H groups in total. The minimum Gasteiger partial charge on any atom is -0.352 e. The molecule has 6 nitrogen and oxygen atoms in total. The Morgan fingerprint density at radius 2 is 2.14 bits per heavy atom. The largest absolute Gasteiger partial charge is 0.352 e. The third kappa shape index (κ3) is 3.69. The Labute approximate surface area is 125 Å². The van der Waals surface area contributed by atoms with Gasteiger partial charge in [0.25, 0.3) is 0 Å². The lowest BCUT2D eigenvalue weighted by atomic mass is 10.1. The predicted octanol–water partition coefficient (Wildman–Crippen LogP) is 0.657. The summed E-state index contributed by atoms with van der Waals surface area (Å²) in [7, 11) is 0. The van der Waals surface area contributed by atoms with Gasteiger partial charge in [0, 0.05) is 51.0 Å². The number of piperazine rings is 1. The van der Waals surface area contributed by atoms with Gasteiger partial charge in [-0.05, 0) is 25.8 Å². The third-order valence-corrected chi connectivity index (χ3v) is 4.37. The van der Waals surface area contributed by atoms with Gasteiger partial charge >= 0.3 is 0 Å². The SMILES string of the molecule is O=C(CCC1CCCN1)N1CCN(c2cnccn2)CC1. The molecule has 3 rings (SSSR count). The summed E-state index contributed by atoms with van der Waals surface area (Å²) in [6.45, 7) is 4.36. The van der Waals surface area contributed by atoms with Crippen molar-refractivity contribution in [3.63, 3.8) is 0 Å². The predicted molar refractivity (Wildman–Crippen MR) is 81.1 cm³/mol. The van der Waals surface area contributed by atoms with Crippen LogP contribution in [-0.4, -0.2) is 59.5 Å². The second-order valence-corrected chi connectivity index (χ2v) is 5.76. The number of hydrogen-bond acceptors (Lipinski definition) is 5. The molecule has 1 aromatic heterocycles. The molecular formula is C15H23N5O. The zero-order chi connectivity index (χ0) is 14.5. The van der Waals surface area contributed by atoms with E-state index >= 15 is 0 Å². The van der Waals surface area contributed by atoms with Gasteiger partial charge in [0.2, 0.25) is 5.91 Å². The van der Waals surface area contributed by atoms with Crippen LogP contribution in [-0.2, 0) is 4.79 Å². The maximum Gasteiger partial charge on any atom is 0.222 e. The van der Waals surface area contributed by atoms with Crippen LogP contribution in [0.15, 0.2) is 18.6 Å². The highest BCUT2D eigenvalue weighted by atomic mass is 16.2. The summed E-state index contributed by atoms with van der Waals surface area (Å²) in [5.74, 6) is 1.20. The molecule has 0 aromatic carbocycles. The minimum atomic E-state index is 0.294. The van der Waals surface area contributed by atoms with Gasteiger partial charge in [-0.15, -0.1) is 0 Å². The van der Waals surface area contributed by atoms with Gasteiger partial charge in [0.05, 0.1) is 6.20 Å². The van der Waals surface area contributed by atoms with Crippen LogP contribution in [0.2, 0.25) is 0 Å². The molecule has 0 aliphatic carbocycles. The summed E-state index contributed by atoms with van der Waals surface area (Å²) >= 11 is 0. The standard InChI is InChI=1S/C15H23N5O/c21-15(4-3-13-2-1-5-17-13)20-10-8-19(9-11-20)14-12-16-6-7-18-14/h6-7,12-13,17H,1-5,8-11H2. The smallest absolute Gasteiger partial charge is 0.222 e. The Morgan fingerprint density at radius 1 is 1.29 bits per heavy atom. The Balaban J connectivity index is 1.43. The van der Waals surface area contributed by atoms with E-state index in [1.165, 1.54) is 12.8 Å². The molecule has 1 aromatic rings. The summed E-state index contributed by atoms with van der Waals surface area (Å²) in [5.41, 5.74) is 0. The lowest BCUT2D eigenvalue weighted by molar-refractivity contribution is -0.131. The number of nitrogens with one attached hydrogen (secondary N) is 1. The molecule has 0 spiro atoms. The zero-order valence-corrected chi connectivity index (χ0v) is 12.4. The lowest BCUT2D eigenvalue weighted by Crippen LogP contribution is -2.49. The Kier molecular flexibility index (Phi) is 4.65. The highest BCUT2D eigenvalue weighted by Gasteiger charge is 2.23. The number of hydrogen-bond donors (Lipinski definition) is 1. The van der Waals surface area contributed by atoms with Crippen LogP contribution in [0.1, 0.15) is 25.7 Å². The average molecular weight is 289 g/mol.